The van der Waals surface area contributed by atoms with Crippen LogP contribution in [0.3, 0.4) is 0 Å². The van der Waals surface area contributed by atoms with Crippen LogP contribution in [0.2, 0.25) is 0 Å². The Kier molecular flexibility index (Phi) is 2.62. The van der Waals surface area contributed by atoms with Gasteiger partial charge in [0.25, 0.3) is 5.92 Å². The van der Waals surface area contributed by atoms with Gasteiger partial charge in [0.15, 0.2) is 0 Å². The van der Waals surface area contributed by atoms with Crippen molar-refractivity contribution in [3.63, 3.8) is 0 Å². The second kappa shape index (κ2) is 3.35. The second-order valence-electron chi connectivity index (χ2n) is 2.31. The molecule has 0 aliphatic heterocycles. The Morgan fingerprint density at radius 1 is 1.33 bits per heavy atom. The van der Waals surface area contributed by atoms with E-state index in [0.717, 1.165) is 0 Å². The van der Waals surface area contributed by atoms with Crippen molar-refractivity contribution >= 4 is 15.9 Å². The summed E-state index contributed by atoms with van der Waals surface area (Å²) in [5, 5.41) is 0. The molecule has 64 valence electrons. The molecule has 3 heteroatoms. The van der Waals surface area contributed by atoms with E-state index in [0.29, 0.717) is 10.5 Å². The second-order valence-corrected chi connectivity index (χ2v) is 3.16. The summed E-state index contributed by atoms with van der Waals surface area (Å²) >= 11 is 3.05. The highest BCUT2D eigenvalue weighted by atomic mass is 79.9. The molecule has 1 aromatic rings. The predicted molar refractivity (Wildman–Crippen MR) is 48.2 cm³/mol. The van der Waals surface area contributed by atoms with Crippen molar-refractivity contribution in [2.75, 3.05) is 0 Å². The zero-order valence-electron chi connectivity index (χ0n) is 6.23. The van der Waals surface area contributed by atoms with Gasteiger partial charge in [-0.2, -0.15) is 8.78 Å². The third-order valence-corrected chi connectivity index (χ3v) is 2.18. The molecule has 1 aromatic carbocycles. The topological polar surface area (TPSA) is 0 Å². The summed E-state index contributed by atoms with van der Waals surface area (Å²) in [7, 11) is 0. The van der Waals surface area contributed by atoms with Gasteiger partial charge in [0, 0.05) is 10.0 Å². The number of hydrogen-bond donors (Lipinski definition) is 0. The highest BCUT2D eigenvalue weighted by Gasteiger charge is 2.28. The van der Waals surface area contributed by atoms with Gasteiger partial charge < -0.3 is 0 Å². The van der Waals surface area contributed by atoms with Gasteiger partial charge in [-0.25, -0.2) is 0 Å². The molecule has 0 atom stereocenters. The van der Waals surface area contributed by atoms with Gasteiger partial charge >= 0.3 is 0 Å². The van der Waals surface area contributed by atoms with Crippen molar-refractivity contribution in [1.82, 2.24) is 0 Å². The molecule has 0 unspecified atom stereocenters. The normalized spacial score (nSPS) is 11.2. The first-order valence-corrected chi connectivity index (χ1v) is 4.13. The van der Waals surface area contributed by atoms with Crippen LogP contribution in [-0.4, -0.2) is 0 Å². The molecule has 0 heterocycles. The summed E-state index contributed by atoms with van der Waals surface area (Å²) in [6.45, 7) is 3.08. The van der Waals surface area contributed by atoms with Crippen LogP contribution in [0.25, 0.3) is 0 Å². The molecule has 1 rings (SSSR count). The Balaban J connectivity index is 3.19. The molecule has 0 amide bonds. The molecule has 0 spiro atoms. The molecule has 0 saturated heterocycles. The van der Waals surface area contributed by atoms with Crippen LogP contribution in [0.1, 0.15) is 5.56 Å². The fraction of sp³-hybridized carbons (Fsp3) is 0.111. The minimum absolute atomic E-state index is 0.0556. The van der Waals surface area contributed by atoms with Gasteiger partial charge in [-0.3, -0.25) is 0 Å². The summed E-state index contributed by atoms with van der Waals surface area (Å²) in [5.41, 5.74) is -0.0556. The first-order valence-electron chi connectivity index (χ1n) is 3.34. The smallest absolute Gasteiger partial charge is 0.196 e. The van der Waals surface area contributed by atoms with Crippen LogP contribution < -0.4 is 0 Å². The summed E-state index contributed by atoms with van der Waals surface area (Å²) in [5.74, 6) is -2.96. The van der Waals surface area contributed by atoms with Gasteiger partial charge in [0.1, 0.15) is 0 Å². The lowest BCUT2D eigenvalue weighted by Crippen LogP contribution is -2.09. The molecule has 0 fully saturated rings. The van der Waals surface area contributed by atoms with Crippen LogP contribution in [0, 0.1) is 0 Å². The van der Waals surface area contributed by atoms with Crippen LogP contribution >= 0.6 is 15.9 Å². The maximum atomic E-state index is 13.0. The van der Waals surface area contributed by atoms with Gasteiger partial charge in [0.05, 0.1) is 0 Å². The number of rotatable bonds is 2. The molecule has 0 bridgehead atoms. The van der Waals surface area contributed by atoms with Gasteiger partial charge in [-0.05, 0) is 12.1 Å². The number of hydrogen-bond acceptors (Lipinski definition) is 0. The summed E-state index contributed by atoms with van der Waals surface area (Å²) in [4.78, 5) is 0. The molecular weight excluding hydrogens is 226 g/mol. The lowest BCUT2D eigenvalue weighted by molar-refractivity contribution is 0.0517. The highest BCUT2D eigenvalue weighted by molar-refractivity contribution is 9.10. The number of benzene rings is 1. The standard InChI is InChI=1S/C9H7BrF2/c1-2-9(11,12)7-5-3-4-6-8(7)10/h2-6H,1H2. The average molecular weight is 233 g/mol. The third-order valence-electron chi connectivity index (χ3n) is 1.49. The molecule has 0 aromatic heterocycles. The van der Waals surface area contributed by atoms with Crippen molar-refractivity contribution in [3.05, 3.63) is 47.0 Å². The highest BCUT2D eigenvalue weighted by Crippen LogP contribution is 2.33. The maximum Gasteiger partial charge on any atom is 0.292 e. The van der Waals surface area contributed by atoms with E-state index in [1.807, 2.05) is 0 Å². The summed E-state index contributed by atoms with van der Waals surface area (Å²) < 4.78 is 26.4. The number of alkyl halides is 2. The van der Waals surface area contributed by atoms with E-state index in [1.54, 1.807) is 18.2 Å². The Labute approximate surface area is 78.0 Å². The molecule has 0 N–H and O–H groups in total. The van der Waals surface area contributed by atoms with Crippen LogP contribution in [0.5, 0.6) is 0 Å². The van der Waals surface area contributed by atoms with Crippen molar-refractivity contribution in [3.8, 4) is 0 Å². The third kappa shape index (κ3) is 1.72. The van der Waals surface area contributed by atoms with E-state index >= 15 is 0 Å². The Bertz CT molecular complexity index is 294. The fourth-order valence-corrected chi connectivity index (χ4v) is 1.39. The SMILES string of the molecule is C=CC(F)(F)c1ccccc1Br. The molecular formula is C9H7BrF2. The Hall–Kier alpha value is -0.700. The van der Waals surface area contributed by atoms with Gasteiger partial charge in [-0.15, -0.1) is 0 Å². The number of halogens is 3. The first-order chi connectivity index (χ1) is 5.58. The van der Waals surface area contributed by atoms with E-state index in [1.165, 1.54) is 6.07 Å². The molecule has 12 heavy (non-hydrogen) atoms. The van der Waals surface area contributed by atoms with Crippen molar-refractivity contribution in [2.45, 2.75) is 5.92 Å². The van der Waals surface area contributed by atoms with Crippen molar-refractivity contribution < 1.29 is 8.78 Å². The molecule has 0 aliphatic carbocycles. The zero-order valence-corrected chi connectivity index (χ0v) is 7.81. The Morgan fingerprint density at radius 3 is 2.42 bits per heavy atom. The Morgan fingerprint density at radius 2 is 1.92 bits per heavy atom. The molecule has 0 nitrogen and oxygen atoms in total. The quantitative estimate of drug-likeness (QED) is 0.682. The van der Waals surface area contributed by atoms with Crippen molar-refractivity contribution in [1.29, 1.82) is 0 Å². The number of allylic oxidation sites excluding steroid dienone is 1. The van der Waals surface area contributed by atoms with Crippen LogP contribution in [0.4, 0.5) is 8.78 Å². The van der Waals surface area contributed by atoms with Gasteiger partial charge in [0.2, 0.25) is 0 Å². The molecule has 0 saturated carbocycles. The van der Waals surface area contributed by atoms with E-state index < -0.39 is 5.92 Å². The molecule has 0 aliphatic rings. The summed E-state index contributed by atoms with van der Waals surface area (Å²) in [6.07, 6.45) is 0.632. The lowest BCUT2D eigenvalue weighted by atomic mass is 10.1. The van der Waals surface area contributed by atoms with Gasteiger partial charge in [-0.1, -0.05) is 40.7 Å². The maximum absolute atomic E-state index is 13.0. The van der Waals surface area contributed by atoms with E-state index in [9.17, 15) is 8.78 Å². The first kappa shape index (κ1) is 9.39. The van der Waals surface area contributed by atoms with Crippen molar-refractivity contribution in [2.24, 2.45) is 0 Å². The van der Waals surface area contributed by atoms with E-state index in [-0.39, 0.29) is 5.56 Å². The molecule has 0 radical (unpaired) electrons. The predicted octanol–water partition coefficient (Wildman–Crippen LogP) is 3.73. The van der Waals surface area contributed by atoms with E-state index in [2.05, 4.69) is 22.5 Å². The monoisotopic (exact) mass is 232 g/mol. The van der Waals surface area contributed by atoms with Crippen LogP contribution in [0.15, 0.2) is 41.4 Å². The zero-order chi connectivity index (χ0) is 9.19. The summed E-state index contributed by atoms with van der Waals surface area (Å²) in [6, 6.07) is 6.20. The lowest BCUT2D eigenvalue weighted by Gasteiger charge is -2.12. The fourth-order valence-electron chi connectivity index (χ4n) is 0.841. The minimum atomic E-state index is -2.96. The largest absolute Gasteiger partial charge is 0.292 e. The van der Waals surface area contributed by atoms with E-state index in [4.69, 9.17) is 0 Å². The average Bonchev–Trinajstić information content (AvgIpc) is 2.05. The van der Waals surface area contributed by atoms with Crippen LogP contribution in [-0.2, 0) is 5.92 Å². The minimum Gasteiger partial charge on any atom is -0.196 e.